The van der Waals surface area contributed by atoms with Crippen LogP contribution in [0.5, 0.6) is 5.75 Å². The molecule has 1 aliphatic heterocycles. The van der Waals surface area contributed by atoms with Crippen LogP contribution in [0.15, 0.2) is 78.2 Å². The second kappa shape index (κ2) is 11.2. The summed E-state index contributed by atoms with van der Waals surface area (Å²) >= 11 is 7.57. The maximum Gasteiger partial charge on any atom is 0.224 e. The number of pyridine rings is 1. The lowest BCUT2D eigenvalue weighted by Crippen LogP contribution is -2.42. The molecule has 4 aromatic rings. The Kier molecular flexibility index (Phi) is 7.62. The SMILES string of the molecule is O=C(NC(c1ccc2ccccc2n1)c1cccs1)C1CCN(CCOc2ccc(Cl)cc2)CC1. The average molecular weight is 506 g/mol. The van der Waals surface area contributed by atoms with Crippen LogP contribution < -0.4 is 10.1 Å². The van der Waals surface area contributed by atoms with Gasteiger partial charge in [0.1, 0.15) is 18.4 Å². The summed E-state index contributed by atoms with van der Waals surface area (Å²) in [4.78, 5) is 21.6. The number of benzene rings is 2. The number of aromatic nitrogens is 1. The van der Waals surface area contributed by atoms with Gasteiger partial charge in [-0.2, -0.15) is 0 Å². The van der Waals surface area contributed by atoms with E-state index in [1.807, 2.05) is 60.0 Å². The zero-order valence-electron chi connectivity index (χ0n) is 19.4. The maximum absolute atomic E-state index is 13.3. The van der Waals surface area contributed by atoms with E-state index in [4.69, 9.17) is 21.3 Å². The highest BCUT2D eigenvalue weighted by Crippen LogP contribution is 2.28. The van der Waals surface area contributed by atoms with Gasteiger partial charge in [-0.25, -0.2) is 0 Å². The van der Waals surface area contributed by atoms with Crippen molar-refractivity contribution in [2.45, 2.75) is 18.9 Å². The minimum Gasteiger partial charge on any atom is -0.492 e. The van der Waals surface area contributed by atoms with Crippen LogP contribution in [0.1, 0.15) is 29.5 Å². The third kappa shape index (κ3) is 6.01. The number of hydrogen-bond acceptors (Lipinski definition) is 5. The van der Waals surface area contributed by atoms with Crippen molar-refractivity contribution in [3.8, 4) is 5.75 Å². The second-order valence-corrected chi connectivity index (χ2v) is 10.2. The van der Waals surface area contributed by atoms with Crippen molar-refractivity contribution in [3.63, 3.8) is 0 Å². The number of rotatable bonds is 8. The molecule has 35 heavy (non-hydrogen) atoms. The number of likely N-dealkylation sites (tertiary alicyclic amines) is 1. The molecule has 5 nitrogen and oxygen atoms in total. The summed E-state index contributed by atoms with van der Waals surface area (Å²) in [5, 5.41) is 7.15. The van der Waals surface area contributed by atoms with Crippen LogP contribution in [0.25, 0.3) is 10.9 Å². The van der Waals surface area contributed by atoms with Crippen LogP contribution in [0.3, 0.4) is 0 Å². The number of ether oxygens (including phenoxy) is 1. The largest absolute Gasteiger partial charge is 0.492 e. The molecule has 1 fully saturated rings. The van der Waals surface area contributed by atoms with Gasteiger partial charge in [0.25, 0.3) is 0 Å². The van der Waals surface area contributed by atoms with Gasteiger partial charge in [0.2, 0.25) is 5.91 Å². The lowest BCUT2D eigenvalue weighted by atomic mass is 9.95. The predicted molar refractivity (Wildman–Crippen MR) is 142 cm³/mol. The van der Waals surface area contributed by atoms with E-state index in [2.05, 4.69) is 28.4 Å². The van der Waals surface area contributed by atoms with Crippen molar-refractivity contribution >= 4 is 39.7 Å². The van der Waals surface area contributed by atoms with Gasteiger partial charge < -0.3 is 10.1 Å². The molecule has 1 unspecified atom stereocenters. The van der Waals surface area contributed by atoms with Crippen LogP contribution in [0, 0.1) is 5.92 Å². The van der Waals surface area contributed by atoms with E-state index in [1.165, 1.54) is 0 Å². The third-order valence-corrected chi connectivity index (χ3v) is 7.67. The van der Waals surface area contributed by atoms with Crippen molar-refractivity contribution in [3.05, 3.63) is 93.8 Å². The molecule has 1 N–H and O–H groups in total. The molecular weight excluding hydrogens is 478 g/mol. The summed E-state index contributed by atoms with van der Waals surface area (Å²) in [6.45, 7) is 3.24. The molecule has 3 heterocycles. The molecule has 0 bridgehead atoms. The smallest absolute Gasteiger partial charge is 0.224 e. The topological polar surface area (TPSA) is 54.5 Å². The van der Waals surface area contributed by atoms with Crippen LogP contribution in [-0.2, 0) is 4.79 Å². The molecule has 1 amide bonds. The van der Waals surface area contributed by atoms with E-state index in [9.17, 15) is 4.79 Å². The highest BCUT2D eigenvalue weighted by molar-refractivity contribution is 7.10. The van der Waals surface area contributed by atoms with Crippen LogP contribution in [0.4, 0.5) is 0 Å². The van der Waals surface area contributed by atoms with Gasteiger partial charge in [-0.05, 0) is 73.8 Å². The molecular formula is C28H28ClN3O2S. The Labute approximate surface area is 214 Å². The molecule has 5 rings (SSSR count). The maximum atomic E-state index is 13.3. The minimum atomic E-state index is -0.238. The van der Waals surface area contributed by atoms with Crippen LogP contribution in [-0.4, -0.2) is 42.0 Å². The van der Waals surface area contributed by atoms with E-state index >= 15 is 0 Å². The van der Waals surface area contributed by atoms with Crippen molar-refractivity contribution < 1.29 is 9.53 Å². The number of nitrogens with one attached hydrogen (secondary N) is 1. The summed E-state index contributed by atoms with van der Waals surface area (Å²) in [7, 11) is 0. The Bertz CT molecular complexity index is 1250. The van der Waals surface area contributed by atoms with Crippen LogP contribution >= 0.6 is 22.9 Å². The first kappa shape index (κ1) is 23.8. The third-order valence-electron chi connectivity index (χ3n) is 6.48. The lowest BCUT2D eigenvalue weighted by molar-refractivity contribution is -0.127. The monoisotopic (exact) mass is 505 g/mol. The van der Waals surface area contributed by atoms with Crippen molar-refractivity contribution in [1.82, 2.24) is 15.2 Å². The molecule has 2 aromatic carbocycles. The minimum absolute atomic E-state index is 0.00588. The number of nitrogens with zero attached hydrogens (tertiary/aromatic N) is 2. The van der Waals surface area contributed by atoms with Gasteiger partial charge in [-0.3, -0.25) is 14.7 Å². The number of carbonyl (C=O) groups is 1. The fraction of sp³-hybridized carbons (Fsp3) is 0.286. The molecule has 0 spiro atoms. The molecule has 0 radical (unpaired) electrons. The normalized spacial score (nSPS) is 15.7. The number of para-hydroxylation sites is 1. The highest BCUT2D eigenvalue weighted by atomic mass is 35.5. The van der Waals surface area contributed by atoms with E-state index in [1.54, 1.807) is 11.3 Å². The lowest BCUT2D eigenvalue weighted by Gasteiger charge is -2.32. The Balaban J connectivity index is 1.17. The molecule has 0 aliphatic carbocycles. The number of halogens is 1. The summed E-state index contributed by atoms with van der Waals surface area (Å²) in [6.07, 6.45) is 1.68. The van der Waals surface area contributed by atoms with E-state index in [0.29, 0.717) is 11.6 Å². The zero-order chi connectivity index (χ0) is 24.0. The van der Waals surface area contributed by atoms with E-state index in [0.717, 1.165) is 59.7 Å². The predicted octanol–water partition coefficient (Wildman–Crippen LogP) is 5.95. The number of carbonyl (C=O) groups excluding carboxylic acids is 1. The first-order valence-corrected chi connectivity index (χ1v) is 13.2. The number of thiophene rings is 1. The Morgan fingerprint density at radius 1 is 1.06 bits per heavy atom. The summed E-state index contributed by atoms with van der Waals surface area (Å²) < 4.78 is 5.83. The molecule has 1 aliphatic rings. The Morgan fingerprint density at radius 3 is 2.63 bits per heavy atom. The fourth-order valence-electron chi connectivity index (χ4n) is 4.49. The summed E-state index contributed by atoms with van der Waals surface area (Å²) in [5.41, 5.74) is 1.81. The standard InChI is InChI=1S/C28H28ClN3O2S/c29-22-8-10-23(11-9-22)34-18-17-32-15-13-21(14-16-32)28(33)31-27(26-6-3-19-35-26)25-12-7-20-4-1-2-5-24(20)30-25/h1-12,19,21,27H,13-18H2,(H,31,33). The highest BCUT2D eigenvalue weighted by Gasteiger charge is 2.28. The Morgan fingerprint density at radius 2 is 1.86 bits per heavy atom. The molecule has 1 atom stereocenters. The fourth-order valence-corrected chi connectivity index (χ4v) is 5.40. The van der Waals surface area contributed by atoms with E-state index < -0.39 is 0 Å². The van der Waals surface area contributed by atoms with Gasteiger partial charge in [0.05, 0.1) is 11.2 Å². The molecule has 0 saturated carbocycles. The van der Waals surface area contributed by atoms with Gasteiger partial charge in [-0.1, -0.05) is 41.9 Å². The number of hydrogen-bond donors (Lipinski definition) is 1. The number of amides is 1. The average Bonchev–Trinajstić information content (AvgIpc) is 3.43. The molecule has 1 saturated heterocycles. The quantitative estimate of drug-likeness (QED) is 0.321. The van der Waals surface area contributed by atoms with Gasteiger partial charge in [0.15, 0.2) is 0 Å². The summed E-state index contributed by atoms with van der Waals surface area (Å²) in [6, 6.07) is 23.4. The first-order chi connectivity index (χ1) is 17.2. The van der Waals surface area contributed by atoms with Crippen molar-refractivity contribution in [2.75, 3.05) is 26.2 Å². The first-order valence-electron chi connectivity index (χ1n) is 12.0. The van der Waals surface area contributed by atoms with Crippen molar-refractivity contribution in [2.24, 2.45) is 5.92 Å². The molecule has 180 valence electrons. The molecule has 2 aromatic heterocycles. The van der Waals surface area contributed by atoms with Gasteiger partial charge in [0, 0.05) is 27.7 Å². The van der Waals surface area contributed by atoms with E-state index in [-0.39, 0.29) is 17.9 Å². The zero-order valence-corrected chi connectivity index (χ0v) is 21.0. The van der Waals surface area contributed by atoms with Crippen LogP contribution in [0.2, 0.25) is 5.02 Å². The number of fused-ring (bicyclic) bond motifs is 1. The second-order valence-electron chi connectivity index (χ2n) is 8.80. The summed E-state index contributed by atoms with van der Waals surface area (Å²) in [5.74, 6) is 0.937. The van der Waals surface area contributed by atoms with Crippen molar-refractivity contribution in [1.29, 1.82) is 0 Å². The molecule has 7 heteroatoms. The Hall–Kier alpha value is -2.93. The van der Waals surface area contributed by atoms with Gasteiger partial charge >= 0.3 is 0 Å². The number of piperidine rings is 1. The van der Waals surface area contributed by atoms with Gasteiger partial charge in [-0.15, -0.1) is 11.3 Å².